The monoisotopic (exact) mass is 272 g/mol. The van der Waals surface area contributed by atoms with E-state index in [1.54, 1.807) is 6.20 Å². The molecule has 0 aliphatic heterocycles. The number of carboxylic acid groups (broad SMARTS) is 2. The third kappa shape index (κ3) is 6.53. The smallest absolute Gasteiger partial charge is 0.321 e. The largest absolute Gasteiger partial charge is 0.481 e. The molecule has 2 atom stereocenters. The minimum absolute atomic E-state index is 0.0833. The molecule has 2 unspecified atom stereocenters. The van der Waals surface area contributed by atoms with E-state index < -0.39 is 24.4 Å². The Morgan fingerprint density at radius 2 is 2.00 bits per heavy atom. The molecule has 0 aromatic carbocycles. The number of carbonyl (C=O) groups is 2. The van der Waals surface area contributed by atoms with E-state index in [4.69, 9.17) is 21.7 Å². The fourth-order valence-corrected chi connectivity index (χ4v) is 1.19. The van der Waals surface area contributed by atoms with E-state index in [0.29, 0.717) is 0 Å². The van der Waals surface area contributed by atoms with Crippen molar-refractivity contribution < 1.29 is 19.8 Å². The van der Waals surface area contributed by atoms with E-state index in [0.717, 1.165) is 12.2 Å². The maximum Gasteiger partial charge on any atom is 0.321 e. The maximum absolute atomic E-state index is 9.85. The number of aromatic nitrogens is 2. The van der Waals surface area contributed by atoms with Gasteiger partial charge in [-0.1, -0.05) is 6.92 Å². The molecule has 8 heteroatoms. The molecule has 0 saturated carbocycles. The number of aliphatic carboxylic acids is 2. The number of carboxylic acids is 2. The second kappa shape index (κ2) is 8.22. The quantitative estimate of drug-likeness (QED) is 0.576. The predicted octanol–water partition coefficient (Wildman–Crippen LogP) is -0.297. The van der Waals surface area contributed by atoms with E-state index in [1.165, 1.54) is 0 Å². The first-order valence-corrected chi connectivity index (χ1v) is 5.72. The van der Waals surface area contributed by atoms with Gasteiger partial charge >= 0.3 is 11.9 Å². The average Bonchev–Trinajstić information content (AvgIpc) is 2.74. The molecule has 0 aliphatic carbocycles. The van der Waals surface area contributed by atoms with Crippen LogP contribution in [0.2, 0.25) is 0 Å². The zero-order valence-electron chi connectivity index (χ0n) is 11.0. The molecule has 0 radical (unpaired) electrons. The molecule has 0 amide bonds. The Bertz CT molecular complexity index is 419. The van der Waals surface area contributed by atoms with Crippen LogP contribution in [0.1, 0.15) is 31.6 Å². The second-order valence-electron chi connectivity index (χ2n) is 3.95. The van der Waals surface area contributed by atoms with Gasteiger partial charge in [-0.3, -0.25) is 9.59 Å². The first-order valence-electron chi connectivity index (χ1n) is 5.72. The number of imidazole rings is 1. The first-order chi connectivity index (χ1) is 8.79. The highest BCUT2D eigenvalue weighted by Gasteiger charge is 2.14. The summed E-state index contributed by atoms with van der Waals surface area (Å²) in [6.45, 7) is 2.05. The zero-order valence-corrected chi connectivity index (χ0v) is 11.0. The number of aryl methyl sites for hydroxylation is 1. The molecule has 19 heavy (non-hydrogen) atoms. The fraction of sp³-hybridized carbons (Fsp3) is 0.545. The normalized spacial score (nSPS) is 13.1. The number of rotatable bonds is 5. The molecule has 1 heterocycles. The van der Waals surface area contributed by atoms with Crippen LogP contribution in [0.5, 0.6) is 0 Å². The summed E-state index contributed by atoms with van der Waals surface area (Å²) < 4.78 is 1.95. The van der Waals surface area contributed by atoms with Gasteiger partial charge in [-0.25, -0.2) is 4.98 Å². The predicted molar refractivity (Wildman–Crippen MR) is 68.3 cm³/mol. The molecule has 0 spiro atoms. The summed E-state index contributed by atoms with van der Waals surface area (Å²) in [5, 5.41) is 16.0. The van der Waals surface area contributed by atoms with Crippen LogP contribution in [0.15, 0.2) is 12.4 Å². The van der Waals surface area contributed by atoms with Gasteiger partial charge in [0.25, 0.3) is 0 Å². The van der Waals surface area contributed by atoms with Crippen molar-refractivity contribution in [2.45, 2.75) is 31.8 Å². The SMILES string of the molecule is CCC(N)c1nccn1C.NC(CC(=O)O)C(=O)O. The van der Waals surface area contributed by atoms with Crippen molar-refractivity contribution in [3.63, 3.8) is 0 Å². The zero-order chi connectivity index (χ0) is 15.0. The third-order valence-corrected chi connectivity index (χ3v) is 2.34. The van der Waals surface area contributed by atoms with Crippen LogP contribution >= 0.6 is 0 Å². The molecule has 6 N–H and O–H groups in total. The van der Waals surface area contributed by atoms with Crippen molar-refractivity contribution in [3.8, 4) is 0 Å². The topological polar surface area (TPSA) is 144 Å². The Balaban J connectivity index is 0.000000344. The van der Waals surface area contributed by atoms with E-state index >= 15 is 0 Å². The summed E-state index contributed by atoms with van der Waals surface area (Å²) in [7, 11) is 1.96. The van der Waals surface area contributed by atoms with Crippen LogP contribution in [0, 0.1) is 0 Å². The minimum Gasteiger partial charge on any atom is -0.481 e. The van der Waals surface area contributed by atoms with Gasteiger partial charge in [-0.15, -0.1) is 0 Å². The molecule has 108 valence electrons. The maximum atomic E-state index is 9.85. The Morgan fingerprint density at radius 1 is 1.42 bits per heavy atom. The Labute approximate surface area is 111 Å². The summed E-state index contributed by atoms with van der Waals surface area (Å²) in [5.74, 6) is -1.54. The lowest BCUT2D eigenvalue weighted by atomic mass is 10.2. The molecule has 0 fully saturated rings. The van der Waals surface area contributed by atoms with E-state index in [2.05, 4.69) is 11.9 Å². The van der Waals surface area contributed by atoms with Crippen molar-refractivity contribution >= 4 is 11.9 Å². The van der Waals surface area contributed by atoms with Crippen LogP contribution < -0.4 is 11.5 Å². The van der Waals surface area contributed by atoms with Crippen LogP contribution in [-0.4, -0.2) is 37.7 Å². The number of nitrogens with zero attached hydrogens (tertiary/aromatic N) is 2. The molecular formula is C11H20N4O4. The minimum atomic E-state index is -1.29. The summed E-state index contributed by atoms with van der Waals surface area (Å²) in [4.78, 5) is 23.7. The van der Waals surface area contributed by atoms with Gasteiger partial charge in [0.15, 0.2) is 0 Å². The van der Waals surface area contributed by atoms with Crippen LogP contribution in [0.4, 0.5) is 0 Å². The standard InChI is InChI=1S/C7H13N3.C4H7NO4/c1-3-6(8)7-9-4-5-10(7)2;5-2(4(8)9)1-3(6)7/h4-6H,3,8H2,1-2H3;2H,1,5H2,(H,6,7)(H,8,9). The molecular weight excluding hydrogens is 252 g/mol. The van der Waals surface area contributed by atoms with Gasteiger partial charge in [0.1, 0.15) is 11.9 Å². The highest BCUT2D eigenvalue weighted by atomic mass is 16.4. The highest BCUT2D eigenvalue weighted by molar-refractivity contribution is 5.80. The van der Waals surface area contributed by atoms with Gasteiger partial charge < -0.3 is 26.2 Å². The van der Waals surface area contributed by atoms with Gasteiger partial charge in [0.2, 0.25) is 0 Å². The van der Waals surface area contributed by atoms with Crippen LogP contribution in [0.3, 0.4) is 0 Å². The van der Waals surface area contributed by atoms with Crippen molar-refractivity contribution in [1.82, 2.24) is 9.55 Å². The lowest BCUT2D eigenvalue weighted by Gasteiger charge is -2.07. The molecule has 0 bridgehead atoms. The third-order valence-electron chi connectivity index (χ3n) is 2.34. The molecule has 0 saturated heterocycles. The van der Waals surface area contributed by atoms with Crippen LogP contribution in [0.25, 0.3) is 0 Å². The molecule has 1 aromatic heterocycles. The van der Waals surface area contributed by atoms with Gasteiger partial charge in [-0.2, -0.15) is 0 Å². The number of hydrogen-bond donors (Lipinski definition) is 4. The summed E-state index contributed by atoms with van der Waals surface area (Å²) in [6.07, 6.45) is 4.08. The highest BCUT2D eigenvalue weighted by Crippen LogP contribution is 2.08. The molecule has 0 aliphatic rings. The summed E-state index contributed by atoms with van der Waals surface area (Å²) in [6, 6.07) is -1.21. The van der Waals surface area contributed by atoms with Crippen molar-refractivity contribution in [3.05, 3.63) is 18.2 Å². The Hall–Kier alpha value is -1.93. The fourth-order valence-electron chi connectivity index (χ4n) is 1.19. The summed E-state index contributed by atoms with van der Waals surface area (Å²) in [5.41, 5.74) is 10.6. The van der Waals surface area contributed by atoms with Gasteiger partial charge in [-0.05, 0) is 6.42 Å². The van der Waals surface area contributed by atoms with E-state index in [9.17, 15) is 9.59 Å². The number of hydrogen-bond acceptors (Lipinski definition) is 5. The van der Waals surface area contributed by atoms with Crippen molar-refractivity contribution in [2.24, 2.45) is 18.5 Å². The van der Waals surface area contributed by atoms with Crippen molar-refractivity contribution in [1.29, 1.82) is 0 Å². The Morgan fingerprint density at radius 3 is 2.26 bits per heavy atom. The van der Waals surface area contributed by atoms with Crippen molar-refractivity contribution in [2.75, 3.05) is 0 Å². The molecule has 1 rings (SSSR count). The summed E-state index contributed by atoms with van der Waals surface area (Å²) >= 11 is 0. The number of nitrogens with two attached hydrogens (primary N) is 2. The lowest BCUT2D eigenvalue weighted by Crippen LogP contribution is -2.32. The first kappa shape index (κ1) is 17.1. The molecule has 1 aromatic rings. The second-order valence-corrected chi connectivity index (χ2v) is 3.95. The van der Waals surface area contributed by atoms with Crippen LogP contribution in [-0.2, 0) is 16.6 Å². The molecule has 8 nitrogen and oxygen atoms in total. The van der Waals surface area contributed by atoms with E-state index in [1.807, 2.05) is 17.8 Å². The lowest BCUT2D eigenvalue weighted by molar-refractivity contribution is -0.144. The van der Waals surface area contributed by atoms with Gasteiger partial charge in [0, 0.05) is 19.4 Å². The van der Waals surface area contributed by atoms with E-state index in [-0.39, 0.29) is 6.04 Å². The Kier molecular flexibility index (Phi) is 7.39. The van der Waals surface area contributed by atoms with Gasteiger partial charge in [0.05, 0.1) is 12.5 Å². The average molecular weight is 272 g/mol.